The highest BCUT2D eigenvalue weighted by molar-refractivity contribution is 7.65. The Morgan fingerprint density at radius 3 is 2.64 bits per heavy atom. The molecule has 0 amide bonds. The zero-order chi connectivity index (χ0) is 8.48. The lowest BCUT2D eigenvalue weighted by atomic mass is 10.2. The number of terminal acetylenes is 1. The average Bonchev–Trinajstić information content (AvgIpc) is 2.33. The Kier molecular flexibility index (Phi) is 2.23. The van der Waals surface area contributed by atoms with Crippen molar-refractivity contribution in [2.75, 3.05) is 20.3 Å². The first-order valence-corrected chi connectivity index (χ1v) is 5.42. The lowest BCUT2D eigenvalue weighted by molar-refractivity contribution is 0.523. The van der Waals surface area contributed by atoms with E-state index in [1.54, 1.807) is 10.5 Å². The standard InChI is InChI=1S/C8H12NOP/c1-4-8-5-6-11(10,7-8)9(2)3/h1,5-6,8H,7H2,2-3H3. The van der Waals surface area contributed by atoms with Crippen molar-refractivity contribution in [2.24, 2.45) is 5.92 Å². The lowest BCUT2D eigenvalue weighted by Crippen LogP contribution is -2.09. The highest BCUT2D eigenvalue weighted by atomic mass is 31.2. The fourth-order valence-electron chi connectivity index (χ4n) is 1.05. The zero-order valence-corrected chi connectivity index (χ0v) is 7.71. The number of hydrogen-bond donors (Lipinski definition) is 0. The summed E-state index contributed by atoms with van der Waals surface area (Å²) in [6, 6.07) is 0. The fourth-order valence-corrected chi connectivity index (χ4v) is 3.03. The molecule has 2 unspecified atom stereocenters. The second kappa shape index (κ2) is 2.85. The summed E-state index contributed by atoms with van der Waals surface area (Å²) >= 11 is 0. The van der Waals surface area contributed by atoms with Gasteiger partial charge in [0.2, 0.25) is 0 Å². The first-order chi connectivity index (χ1) is 5.08. The molecule has 0 saturated heterocycles. The van der Waals surface area contributed by atoms with Crippen LogP contribution < -0.4 is 0 Å². The van der Waals surface area contributed by atoms with Crippen LogP contribution in [0.2, 0.25) is 0 Å². The molecule has 2 nitrogen and oxygen atoms in total. The summed E-state index contributed by atoms with van der Waals surface area (Å²) in [5.74, 6) is 4.42. The highest BCUT2D eigenvalue weighted by Crippen LogP contribution is 2.54. The number of allylic oxidation sites excluding steroid dienone is 1. The van der Waals surface area contributed by atoms with Crippen LogP contribution in [0.4, 0.5) is 0 Å². The maximum atomic E-state index is 11.8. The van der Waals surface area contributed by atoms with Gasteiger partial charge in [-0.1, -0.05) is 12.0 Å². The van der Waals surface area contributed by atoms with Crippen LogP contribution in [-0.4, -0.2) is 24.9 Å². The first-order valence-electron chi connectivity index (χ1n) is 3.50. The van der Waals surface area contributed by atoms with Crippen LogP contribution >= 0.6 is 7.29 Å². The fraction of sp³-hybridized carbons (Fsp3) is 0.500. The predicted octanol–water partition coefficient (Wildman–Crippen LogP) is 1.60. The maximum absolute atomic E-state index is 11.8. The topological polar surface area (TPSA) is 20.3 Å². The minimum absolute atomic E-state index is 0.0724. The normalized spacial score (nSPS) is 36.0. The quantitative estimate of drug-likeness (QED) is 0.439. The Morgan fingerprint density at radius 2 is 2.36 bits per heavy atom. The molecule has 1 aliphatic heterocycles. The molecule has 0 aromatic carbocycles. The van der Waals surface area contributed by atoms with Crippen molar-refractivity contribution in [3.05, 3.63) is 11.9 Å². The van der Waals surface area contributed by atoms with Gasteiger partial charge in [-0.25, -0.2) is 0 Å². The van der Waals surface area contributed by atoms with Gasteiger partial charge in [0.05, 0.1) is 0 Å². The van der Waals surface area contributed by atoms with Gasteiger partial charge in [0, 0.05) is 12.1 Å². The predicted molar refractivity (Wildman–Crippen MR) is 47.6 cm³/mol. The summed E-state index contributed by atoms with van der Waals surface area (Å²) in [5, 5.41) is 0. The molecule has 0 N–H and O–H groups in total. The molecule has 1 heterocycles. The highest BCUT2D eigenvalue weighted by Gasteiger charge is 2.29. The first kappa shape index (κ1) is 8.59. The van der Waals surface area contributed by atoms with E-state index >= 15 is 0 Å². The molecule has 60 valence electrons. The molecule has 0 aliphatic carbocycles. The third-order valence-electron chi connectivity index (χ3n) is 1.90. The van der Waals surface area contributed by atoms with E-state index in [0.29, 0.717) is 6.16 Å². The van der Waals surface area contributed by atoms with Gasteiger partial charge in [0.25, 0.3) is 0 Å². The van der Waals surface area contributed by atoms with Crippen molar-refractivity contribution in [2.45, 2.75) is 0 Å². The van der Waals surface area contributed by atoms with Gasteiger partial charge in [-0.2, -0.15) is 0 Å². The van der Waals surface area contributed by atoms with Crippen LogP contribution in [0, 0.1) is 18.3 Å². The van der Waals surface area contributed by atoms with E-state index < -0.39 is 7.29 Å². The van der Waals surface area contributed by atoms with E-state index in [9.17, 15) is 4.57 Å². The Bertz CT molecular complexity index is 262. The smallest absolute Gasteiger partial charge is 0.172 e. The molecule has 0 bridgehead atoms. The SMILES string of the molecule is C#CC1C=CP(=O)(N(C)C)C1. The Labute approximate surface area is 67.7 Å². The molecule has 0 aromatic heterocycles. The van der Waals surface area contributed by atoms with Crippen LogP contribution in [0.1, 0.15) is 0 Å². The third kappa shape index (κ3) is 1.56. The minimum atomic E-state index is -2.20. The van der Waals surface area contributed by atoms with Gasteiger partial charge in [0.1, 0.15) is 0 Å². The van der Waals surface area contributed by atoms with Gasteiger partial charge < -0.3 is 4.57 Å². The van der Waals surface area contributed by atoms with Gasteiger partial charge in [-0.15, -0.1) is 6.42 Å². The second-order valence-electron chi connectivity index (χ2n) is 2.90. The molecule has 0 fully saturated rings. The largest absolute Gasteiger partial charge is 0.302 e. The Hall–Kier alpha value is -0.510. The molecule has 11 heavy (non-hydrogen) atoms. The molecule has 3 heteroatoms. The van der Waals surface area contributed by atoms with Gasteiger partial charge >= 0.3 is 0 Å². The summed E-state index contributed by atoms with van der Waals surface area (Å²) in [6.07, 6.45) is 7.68. The van der Waals surface area contributed by atoms with E-state index in [4.69, 9.17) is 6.42 Å². The molecular weight excluding hydrogens is 157 g/mol. The van der Waals surface area contributed by atoms with E-state index in [-0.39, 0.29) is 5.92 Å². The number of rotatable bonds is 1. The molecule has 2 atom stereocenters. The van der Waals surface area contributed by atoms with E-state index in [1.165, 1.54) is 0 Å². The van der Waals surface area contributed by atoms with Crippen molar-refractivity contribution in [1.82, 2.24) is 4.67 Å². The summed E-state index contributed by atoms with van der Waals surface area (Å²) in [4.78, 5) is 0. The zero-order valence-electron chi connectivity index (χ0n) is 6.82. The van der Waals surface area contributed by atoms with Crippen molar-refractivity contribution in [3.63, 3.8) is 0 Å². The Morgan fingerprint density at radius 1 is 1.73 bits per heavy atom. The van der Waals surface area contributed by atoms with Crippen molar-refractivity contribution in [1.29, 1.82) is 0 Å². The van der Waals surface area contributed by atoms with Gasteiger partial charge in [-0.05, 0) is 19.9 Å². The summed E-state index contributed by atoms with van der Waals surface area (Å²) in [7, 11) is 1.44. The monoisotopic (exact) mass is 169 g/mol. The van der Waals surface area contributed by atoms with E-state index in [1.807, 2.05) is 20.2 Å². The van der Waals surface area contributed by atoms with E-state index in [2.05, 4.69) is 5.92 Å². The van der Waals surface area contributed by atoms with Crippen LogP contribution in [0.15, 0.2) is 11.9 Å². The third-order valence-corrected chi connectivity index (χ3v) is 4.81. The molecule has 0 aromatic rings. The molecule has 0 saturated carbocycles. The molecular formula is C8H12NOP. The maximum Gasteiger partial charge on any atom is 0.172 e. The van der Waals surface area contributed by atoms with Crippen LogP contribution in [0.25, 0.3) is 0 Å². The van der Waals surface area contributed by atoms with E-state index in [0.717, 1.165) is 0 Å². The Balaban J connectivity index is 2.78. The summed E-state index contributed by atoms with van der Waals surface area (Å²) < 4.78 is 13.6. The van der Waals surface area contributed by atoms with Crippen molar-refractivity contribution >= 4 is 7.29 Å². The summed E-state index contributed by atoms with van der Waals surface area (Å²) in [5.41, 5.74) is 0. The number of hydrogen-bond acceptors (Lipinski definition) is 1. The van der Waals surface area contributed by atoms with Crippen molar-refractivity contribution in [3.8, 4) is 12.3 Å². The summed E-state index contributed by atoms with van der Waals surface area (Å²) in [6.45, 7) is 0. The van der Waals surface area contributed by atoms with Crippen LogP contribution in [0.3, 0.4) is 0 Å². The minimum Gasteiger partial charge on any atom is -0.302 e. The van der Waals surface area contributed by atoms with Crippen LogP contribution in [-0.2, 0) is 4.57 Å². The number of nitrogens with zero attached hydrogens (tertiary/aromatic N) is 1. The van der Waals surface area contributed by atoms with Crippen LogP contribution in [0.5, 0.6) is 0 Å². The van der Waals surface area contributed by atoms with Gasteiger partial charge in [-0.3, -0.25) is 4.67 Å². The average molecular weight is 169 g/mol. The second-order valence-corrected chi connectivity index (χ2v) is 5.87. The van der Waals surface area contributed by atoms with Crippen molar-refractivity contribution < 1.29 is 4.57 Å². The lowest BCUT2D eigenvalue weighted by Gasteiger charge is -2.17. The van der Waals surface area contributed by atoms with Gasteiger partial charge in [0.15, 0.2) is 7.29 Å². The molecule has 0 radical (unpaired) electrons. The molecule has 0 spiro atoms. The molecule has 1 aliphatic rings. The molecule has 1 rings (SSSR count).